The zero-order valence-corrected chi connectivity index (χ0v) is 8.32. The first-order valence-corrected chi connectivity index (χ1v) is 4.65. The van der Waals surface area contributed by atoms with Crippen LogP contribution in [0, 0.1) is 11.6 Å². The van der Waals surface area contributed by atoms with Crippen LogP contribution in [0.5, 0.6) is 5.75 Å². The van der Waals surface area contributed by atoms with Crippen LogP contribution in [0.25, 0.3) is 0 Å². The SMILES string of the molecule is Fc1cc(OC(F)F)c(F)cc1CBr. The molecule has 1 aromatic carbocycles. The van der Waals surface area contributed by atoms with E-state index >= 15 is 0 Å². The first-order chi connectivity index (χ1) is 6.54. The number of benzene rings is 1. The lowest BCUT2D eigenvalue weighted by molar-refractivity contribution is -0.0523. The van der Waals surface area contributed by atoms with E-state index in [1.54, 1.807) is 0 Å². The van der Waals surface area contributed by atoms with Crippen LogP contribution in [-0.2, 0) is 5.33 Å². The maximum Gasteiger partial charge on any atom is 0.387 e. The summed E-state index contributed by atoms with van der Waals surface area (Å²) in [6.45, 7) is -3.17. The summed E-state index contributed by atoms with van der Waals surface area (Å²) >= 11 is 2.92. The summed E-state index contributed by atoms with van der Waals surface area (Å²) in [5.41, 5.74) is 0.0455. The molecule has 14 heavy (non-hydrogen) atoms. The van der Waals surface area contributed by atoms with Gasteiger partial charge in [-0.3, -0.25) is 0 Å². The van der Waals surface area contributed by atoms with Crippen molar-refractivity contribution in [2.24, 2.45) is 0 Å². The van der Waals surface area contributed by atoms with Crippen LogP contribution in [0.4, 0.5) is 17.6 Å². The highest BCUT2D eigenvalue weighted by molar-refractivity contribution is 9.08. The predicted molar refractivity (Wildman–Crippen MR) is 45.6 cm³/mol. The third kappa shape index (κ3) is 2.60. The van der Waals surface area contributed by atoms with E-state index in [0.717, 1.165) is 6.07 Å². The maximum atomic E-state index is 13.0. The average Bonchev–Trinajstić information content (AvgIpc) is 2.10. The van der Waals surface area contributed by atoms with E-state index in [2.05, 4.69) is 20.7 Å². The Morgan fingerprint density at radius 1 is 1.21 bits per heavy atom. The third-order valence-corrected chi connectivity index (χ3v) is 2.07. The number of halogens is 5. The summed E-state index contributed by atoms with van der Waals surface area (Å²) < 4.78 is 53.0. The number of hydrogen-bond acceptors (Lipinski definition) is 1. The van der Waals surface area contributed by atoms with Gasteiger partial charge in [0.1, 0.15) is 5.82 Å². The van der Waals surface area contributed by atoms with Gasteiger partial charge in [-0.15, -0.1) is 0 Å². The number of ether oxygens (including phenoxy) is 1. The van der Waals surface area contributed by atoms with E-state index in [4.69, 9.17) is 0 Å². The van der Waals surface area contributed by atoms with Gasteiger partial charge in [0, 0.05) is 17.0 Å². The van der Waals surface area contributed by atoms with Gasteiger partial charge in [0.05, 0.1) is 0 Å². The van der Waals surface area contributed by atoms with Crippen LogP contribution in [0.2, 0.25) is 0 Å². The highest BCUT2D eigenvalue weighted by Gasteiger charge is 2.13. The lowest BCUT2D eigenvalue weighted by atomic mass is 10.2. The molecule has 0 heterocycles. The van der Waals surface area contributed by atoms with Crippen molar-refractivity contribution in [3.63, 3.8) is 0 Å². The molecule has 0 aromatic heterocycles. The Morgan fingerprint density at radius 3 is 2.36 bits per heavy atom. The van der Waals surface area contributed by atoms with Gasteiger partial charge in [-0.25, -0.2) is 8.78 Å². The molecular formula is C8H5BrF4O. The van der Waals surface area contributed by atoms with Crippen LogP contribution in [0.15, 0.2) is 12.1 Å². The fraction of sp³-hybridized carbons (Fsp3) is 0.250. The van der Waals surface area contributed by atoms with Crippen molar-refractivity contribution in [1.29, 1.82) is 0 Å². The summed E-state index contributed by atoms with van der Waals surface area (Å²) in [5, 5.41) is 0.102. The Morgan fingerprint density at radius 2 is 1.86 bits per heavy atom. The van der Waals surface area contributed by atoms with Crippen LogP contribution in [-0.4, -0.2) is 6.61 Å². The Hall–Kier alpha value is -0.780. The van der Waals surface area contributed by atoms with Crippen molar-refractivity contribution in [3.8, 4) is 5.75 Å². The molecule has 0 saturated carbocycles. The van der Waals surface area contributed by atoms with Crippen LogP contribution >= 0.6 is 15.9 Å². The Balaban J connectivity index is 3.02. The van der Waals surface area contributed by atoms with Crippen molar-refractivity contribution in [2.75, 3.05) is 0 Å². The quantitative estimate of drug-likeness (QED) is 0.605. The molecule has 0 spiro atoms. The lowest BCUT2D eigenvalue weighted by Gasteiger charge is -2.07. The highest BCUT2D eigenvalue weighted by Crippen LogP contribution is 2.24. The minimum Gasteiger partial charge on any atom is -0.432 e. The van der Waals surface area contributed by atoms with Gasteiger partial charge in [-0.1, -0.05) is 15.9 Å². The normalized spacial score (nSPS) is 10.7. The summed E-state index contributed by atoms with van der Waals surface area (Å²) in [4.78, 5) is 0. The molecule has 0 aliphatic carbocycles. The Kier molecular flexibility index (Phi) is 3.74. The van der Waals surface area contributed by atoms with E-state index < -0.39 is 24.0 Å². The van der Waals surface area contributed by atoms with E-state index in [1.165, 1.54) is 0 Å². The molecule has 1 nitrogen and oxygen atoms in total. The van der Waals surface area contributed by atoms with Gasteiger partial charge in [-0.2, -0.15) is 8.78 Å². The van der Waals surface area contributed by atoms with Gasteiger partial charge in [0.15, 0.2) is 11.6 Å². The maximum absolute atomic E-state index is 13.0. The Bertz CT molecular complexity index is 329. The van der Waals surface area contributed by atoms with Crippen molar-refractivity contribution in [1.82, 2.24) is 0 Å². The minimum absolute atomic E-state index is 0.0455. The second-order valence-electron chi connectivity index (χ2n) is 2.39. The molecule has 0 amide bonds. The molecule has 1 rings (SSSR count). The first kappa shape index (κ1) is 11.3. The largest absolute Gasteiger partial charge is 0.432 e. The Labute approximate surface area is 85.8 Å². The molecule has 0 unspecified atom stereocenters. The third-order valence-electron chi connectivity index (χ3n) is 1.46. The molecule has 0 aliphatic rings. The van der Waals surface area contributed by atoms with Gasteiger partial charge in [0.25, 0.3) is 0 Å². The van der Waals surface area contributed by atoms with E-state index in [-0.39, 0.29) is 10.9 Å². The van der Waals surface area contributed by atoms with Crippen molar-refractivity contribution in [2.45, 2.75) is 11.9 Å². The molecule has 0 atom stereocenters. The molecule has 0 bridgehead atoms. The van der Waals surface area contributed by atoms with Crippen molar-refractivity contribution in [3.05, 3.63) is 29.3 Å². The number of rotatable bonds is 3. The second kappa shape index (κ2) is 4.63. The van der Waals surface area contributed by atoms with Crippen LogP contribution < -0.4 is 4.74 Å². The summed E-state index contributed by atoms with van der Waals surface area (Å²) in [6, 6.07) is 1.40. The molecule has 78 valence electrons. The summed E-state index contributed by atoms with van der Waals surface area (Å²) in [5.74, 6) is -2.60. The van der Waals surface area contributed by atoms with E-state index in [0.29, 0.717) is 6.07 Å². The van der Waals surface area contributed by atoms with E-state index in [9.17, 15) is 17.6 Å². The van der Waals surface area contributed by atoms with Crippen LogP contribution in [0.3, 0.4) is 0 Å². The van der Waals surface area contributed by atoms with Gasteiger partial charge < -0.3 is 4.74 Å². The predicted octanol–water partition coefficient (Wildman–Crippen LogP) is 3.46. The minimum atomic E-state index is -3.17. The molecule has 0 saturated heterocycles. The molecule has 0 fully saturated rings. The zero-order valence-electron chi connectivity index (χ0n) is 6.74. The topological polar surface area (TPSA) is 9.23 Å². The van der Waals surface area contributed by atoms with Crippen LogP contribution in [0.1, 0.15) is 5.56 Å². The molecule has 0 radical (unpaired) electrons. The fourth-order valence-electron chi connectivity index (χ4n) is 0.858. The molecule has 1 aromatic rings. The summed E-state index contributed by atoms with van der Waals surface area (Å²) in [7, 11) is 0. The van der Waals surface area contributed by atoms with Crippen molar-refractivity contribution < 1.29 is 22.3 Å². The van der Waals surface area contributed by atoms with Gasteiger partial charge in [-0.05, 0) is 6.07 Å². The number of hydrogen-bond donors (Lipinski definition) is 0. The highest BCUT2D eigenvalue weighted by atomic mass is 79.9. The monoisotopic (exact) mass is 272 g/mol. The number of alkyl halides is 3. The second-order valence-corrected chi connectivity index (χ2v) is 2.95. The summed E-state index contributed by atoms with van der Waals surface area (Å²) in [6.07, 6.45) is 0. The molecule has 6 heteroatoms. The van der Waals surface area contributed by atoms with Gasteiger partial charge in [0.2, 0.25) is 0 Å². The smallest absolute Gasteiger partial charge is 0.387 e. The average molecular weight is 273 g/mol. The molecule has 0 N–H and O–H groups in total. The van der Waals surface area contributed by atoms with Gasteiger partial charge >= 0.3 is 6.61 Å². The fourth-order valence-corrected chi connectivity index (χ4v) is 1.29. The zero-order chi connectivity index (χ0) is 10.7. The lowest BCUT2D eigenvalue weighted by Crippen LogP contribution is -2.04. The van der Waals surface area contributed by atoms with E-state index in [1.807, 2.05) is 0 Å². The molecular weight excluding hydrogens is 268 g/mol. The van der Waals surface area contributed by atoms with Crippen molar-refractivity contribution >= 4 is 15.9 Å². The molecule has 0 aliphatic heterocycles. The standard InChI is InChI=1S/C8H5BrF4O/c9-3-4-1-6(11)7(2-5(4)10)14-8(12)13/h1-2,8H,3H2. The first-order valence-electron chi connectivity index (χ1n) is 3.53.